The van der Waals surface area contributed by atoms with Crippen LogP contribution in [0, 0.1) is 0 Å². The highest BCUT2D eigenvalue weighted by Crippen LogP contribution is 2.32. The number of hydrogen-bond acceptors (Lipinski definition) is 7. The molecule has 0 radical (unpaired) electrons. The number of nitrogens with one attached hydrogen (secondary N) is 1. The zero-order valence-electron chi connectivity index (χ0n) is 18.4. The van der Waals surface area contributed by atoms with Crippen LogP contribution in [0.4, 0.5) is 16.2 Å². The Morgan fingerprint density at radius 2 is 1.66 bits per heavy atom. The van der Waals surface area contributed by atoms with E-state index in [0.29, 0.717) is 13.1 Å². The largest absolute Gasteiger partial charge is 0.495 e. The lowest BCUT2D eigenvalue weighted by Crippen LogP contribution is -2.51. The highest BCUT2D eigenvalue weighted by Gasteiger charge is 2.26. The molecule has 0 saturated carbocycles. The van der Waals surface area contributed by atoms with E-state index in [1.54, 1.807) is 12.0 Å². The minimum absolute atomic E-state index is 0.237. The molecule has 1 amide bonds. The number of amides is 1. The number of hydrogen-bond donors (Lipinski definition) is 1. The van der Waals surface area contributed by atoms with Crippen LogP contribution in [0.15, 0.2) is 18.2 Å². The third-order valence-electron chi connectivity index (χ3n) is 5.24. The number of anilines is 2. The summed E-state index contributed by atoms with van der Waals surface area (Å²) in [6.45, 7) is 12.5. The van der Waals surface area contributed by atoms with E-state index in [1.165, 1.54) is 0 Å². The van der Waals surface area contributed by atoms with Gasteiger partial charge < -0.3 is 29.6 Å². The average Bonchev–Trinajstić information content (AvgIpc) is 2.68. The first kappa shape index (κ1) is 21.5. The van der Waals surface area contributed by atoms with Gasteiger partial charge in [-0.3, -0.25) is 0 Å². The van der Waals surface area contributed by atoms with Gasteiger partial charge in [-0.2, -0.15) is 0 Å². The Labute approximate surface area is 174 Å². The molecule has 1 aromatic carbocycles. The standard InChI is InChI=1S/C21H35N5O3/c1-21(2,3)29-20(27)25-12-14-26(15-13-25)22-17-6-7-19(28-5)18(16-17)24-10-8-23(4)9-11-24/h6-7,16,22H,8-15H2,1-5H3. The predicted octanol–water partition coefficient (Wildman–Crippen LogP) is 2.33. The lowest BCUT2D eigenvalue weighted by atomic mass is 10.2. The molecule has 1 N–H and O–H groups in total. The molecule has 29 heavy (non-hydrogen) atoms. The van der Waals surface area contributed by atoms with Gasteiger partial charge in [-0.1, -0.05) is 0 Å². The molecular formula is C21H35N5O3. The summed E-state index contributed by atoms with van der Waals surface area (Å²) in [6.07, 6.45) is -0.237. The van der Waals surface area contributed by atoms with Gasteiger partial charge in [0.25, 0.3) is 0 Å². The monoisotopic (exact) mass is 405 g/mol. The maximum Gasteiger partial charge on any atom is 0.410 e. The number of nitrogens with zero attached hydrogens (tertiary/aromatic N) is 4. The molecule has 0 spiro atoms. The number of carbonyl (C=O) groups is 1. The van der Waals surface area contributed by atoms with E-state index >= 15 is 0 Å². The van der Waals surface area contributed by atoms with Crippen LogP contribution in [0.5, 0.6) is 5.75 Å². The van der Waals surface area contributed by atoms with Gasteiger partial charge in [-0.25, -0.2) is 9.80 Å². The molecular weight excluding hydrogens is 370 g/mol. The predicted molar refractivity (Wildman–Crippen MR) is 116 cm³/mol. The van der Waals surface area contributed by atoms with Crippen molar-refractivity contribution in [3.63, 3.8) is 0 Å². The fraction of sp³-hybridized carbons (Fsp3) is 0.667. The Morgan fingerprint density at radius 3 is 2.24 bits per heavy atom. The Balaban J connectivity index is 1.58. The first-order valence-electron chi connectivity index (χ1n) is 10.4. The molecule has 1 aromatic rings. The molecule has 0 bridgehead atoms. The Kier molecular flexibility index (Phi) is 6.74. The van der Waals surface area contributed by atoms with Crippen LogP contribution in [-0.4, -0.2) is 93.0 Å². The van der Waals surface area contributed by atoms with Crippen molar-refractivity contribution in [2.24, 2.45) is 0 Å². The second-order valence-electron chi connectivity index (χ2n) is 8.74. The summed E-state index contributed by atoms with van der Waals surface area (Å²) in [7, 11) is 3.88. The number of piperazine rings is 2. The number of carbonyl (C=O) groups excluding carboxylic acids is 1. The van der Waals surface area contributed by atoms with Gasteiger partial charge in [0.1, 0.15) is 11.4 Å². The first-order valence-corrected chi connectivity index (χ1v) is 10.4. The zero-order valence-corrected chi connectivity index (χ0v) is 18.4. The summed E-state index contributed by atoms with van der Waals surface area (Å²) in [5.41, 5.74) is 5.18. The zero-order chi connectivity index (χ0) is 21.0. The topological polar surface area (TPSA) is 60.5 Å². The fourth-order valence-corrected chi connectivity index (χ4v) is 3.56. The molecule has 8 heteroatoms. The van der Waals surface area contributed by atoms with Crippen molar-refractivity contribution in [2.45, 2.75) is 26.4 Å². The molecule has 0 aromatic heterocycles. The second-order valence-corrected chi connectivity index (χ2v) is 8.74. The smallest absolute Gasteiger partial charge is 0.410 e. The Hall–Kier alpha value is -2.19. The number of ether oxygens (including phenoxy) is 2. The van der Waals surface area contributed by atoms with Gasteiger partial charge in [0.15, 0.2) is 0 Å². The quantitative estimate of drug-likeness (QED) is 0.825. The van der Waals surface area contributed by atoms with Gasteiger partial charge in [-0.15, -0.1) is 0 Å². The van der Waals surface area contributed by atoms with Crippen molar-refractivity contribution < 1.29 is 14.3 Å². The summed E-state index contributed by atoms with van der Waals surface area (Å²) in [6, 6.07) is 6.22. The SMILES string of the molecule is COc1ccc(NN2CCN(C(=O)OC(C)(C)C)CC2)cc1N1CCN(C)CC1. The lowest BCUT2D eigenvalue weighted by molar-refractivity contribution is 0.0163. The molecule has 0 unspecified atom stereocenters. The maximum atomic E-state index is 12.2. The first-order chi connectivity index (χ1) is 13.7. The highest BCUT2D eigenvalue weighted by molar-refractivity contribution is 5.68. The Morgan fingerprint density at radius 1 is 1.00 bits per heavy atom. The van der Waals surface area contributed by atoms with Crippen LogP contribution in [0.2, 0.25) is 0 Å². The van der Waals surface area contributed by atoms with Gasteiger partial charge in [0, 0.05) is 52.4 Å². The third kappa shape index (κ3) is 5.90. The van der Waals surface area contributed by atoms with E-state index in [-0.39, 0.29) is 6.09 Å². The number of methoxy groups -OCH3 is 1. The van der Waals surface area contributed by atoms with Crippen LogP contribution < -0.4 is 15.1 Å². The van der Waals surface area contributed by atoms with E-state index in [4.69, 9.17) is 9.47 Å². The van der Waals surface area contributed by atoms with Crippen LogP contribution in [0.1, 0.15) is 20.8 Å². The number of rotatable bonds is 4. The summed E-state index contributed by atoms with van der Waals surface area (Å²) in [4.78, 5) is 18.7. The van der Waals surface area contributed by atoms with Crippen molar-refractivity contribution in [3.8, 4) is 5.75 Å². The molecule has 2 fully saturated rings. The van der Waals surface area contributed by atoms with Crippen molar-refractivity contribution in [1.82, 2.24) is 14.8 Å². The normalized spacial score (nSPS) is 19.2. The van der Waals surface area contributed by atoms with Crippen molar-refractivity contribution in [2.75, 3.05) is 76.8 Å². The molecule has 0 atom stereocenters. The third-order valence-corrected chi connectivity index (χ3v) is 5.24. The average molecular weight is 406 g/mol. The lowest BCUT2D eigenvalue weighted by Gasteiger charge is -2.37. The fourth-order valence-electron chi connectivity index (χ4n) is 3.56. The molecule has 3 rings (SSSR count). The molecule has 2 heterocycles. The minimum atomic E-state index is -0.463. The van der Waals surface area contributed by atoms with E-state index in [2.05, 4.69) is 33.3 Å². The van der Waals surface area contributed by atoms with Crippen LogP contribution in [-0.2, 0) is 4.74 Å². The van der Waals surface area contributed by atoms with E-state index in [1.807, 2.05) is 32.9 Å². The van der Waals surface area contributed by atoms with Gasteiger partial charge in [0.2, 0.25) is 0 Å². The maximum absolute atomic E-state index is 12.2. The van der Waals surface area contributed by atoms with Crippen molar-refractivity contribution >= 4 is 17.5 Å². The Bertz CT molecular complexity index is 690. The molecule has 0 aliphatic carbocycles. The molecule has 2 saturated heterocycles. The van der Waals surface area contributed by atoms with E-state index in [9.17, 15) is 4.79 Å². The van der Waals surface area contributed by atoms with Gasteiger partial charge in [-0.05, 0) is 46.0 Å². The van der Waals surface area contributed by atoms with Crippen LogP contribution in [0.3, 0.4) is 0 Å². The molecule has 2 aliphatic rings. The van der Waals surface area contributed by atoms with E-state index in [0.717, 1.165) is 56.4 Å². The number of likely N-dealkylation sites (N-methyl/N-ethyl adjacent to an activating group) is 1. The molecule has 162 valence electrons. The van der Waals surface area contributed by atoms with Gasteiger partial charge >= 0.3 is 6.09 Å². The summed E-state index contributed by atoms with van der Waals surface area (Å²) in [5, 5.41) is 2.15. The second kappa shape index (κ2) is 9.09. The summed E-state index contributed by atoms with van der Waals surface area (Å²) < 4.78 is 11.1. The van der Waals surface area contributed by atoms with E-state index < -0.39 is 5.60 Å². The summed E-state index contributed by atoms with van der Waals surface area (Å²) >= 11 is 0. The minimum Gasteiger partial charge on any atom is -0.495 e. The van der Waals surface area contributed by atoms with Crippen LogP contribution in [0.25, 0.3) is 0 Å². The van der Waals surface area contributed by atoms with Gasteiger partial charge in [0.05, 0.1) is 18.5 Å². The van der Waals surface area contributed by atoms with Crippen molar-refractivity contribution in [1.29, 1.82) is 0 Å². The molecule has 2 aliphatic heterocycles. The van der Waals surface area contributed by atoms with Crippen molar-refractivity contribution in [3.05, 3.63) is 18.2 Å². The number of hydrazine groups is 1. The number of benzene rings is 1. The van der Waals surface area contributed by atoms with Crippen LogP contribution >= 0.6 is 0 Å². The highest BCUT2D eigenvalue weighted by atomic mass is 16.6. The molecule has 8 nitrogen and oxygen atoms in total. The summed E-state index contributed by atoms with van der Waals surface area (Å²) in [5.74, 6) is 0.898.